The fraction of sp³-hybridized carbons (Fsp3) is 0. The molecule has 3 aromatic rings. The third-order valence-corrected chi connectivity index (χ3v) is 2.65. The number of amides is 1. The van der Waals surface area contributed by atoms with Gasteiger partial charge in [0, 0.05) is 6.07 Å². The molecule has 0 unspecified atom stereocenters. The van der Waals surface area contributed by atoms with Gasteiger partial charge in [0.2, 0.25) is 5.95 Å². The van der Waals surface area contributed by atoms with Crippen molar-refractivity contribution in [1.82, 2.24) is 30.1 Å². The molecule has 0 aromatic carbocycles. The molecule has 3 rings (SSSR count). The van der Waals surface area contributed by atoms with E-state index < -0.39 is 11.5 Å². The zero-order chi connectivity index (χ0) is 14.1. The molecular weight excluding hydrogens is 286 g/mol. The number of nitrogens with zero attached hydrogens (tertiary/aromatic N) is 4. The number of nitrogens with one attached hydrogen (secondary N) is 3. The number of halogens is 1. The first-order chi connectivity index (χ1) is 9.63. The molecule has 0 spiro atoms. The molecule has 0 aliphatic carbocycles. The van der Waals surface area contributed by atoms with E-state index in [4.69, 9.17) is 11.6 Å². The molecule has 0 saturated heterocycles. The van der Waals surface area contributed by atoms with Crippen LogP contribution in [0.25, 0.3) is 11.2 Å². The van der Waals surface area contributed by atoms with Crippen molar-refractivity contribution in [3.8, 4) is 0 Å². The van der Waals surface area contributed by atoms with Crippen LogP contribution in [0.4, 0.5) is 5.95 Å². The summed E-state index contributed by atoms with van der Waals surface area (Å²) in [6, 6.07) is 2.47. The van der Waals surface area contributed by atoms with E-state index in [1.165, 1.54) is 18.5 Å². The van der Waals surface area contributed by atoms with Crippen molar-refractivity contribution in [2.75, 3.05) is 5.32 Å². The van der Waals surface area contributed by atoms with Crippen molar-refractivity contribution < 1.29 is 4.79 Å². The highest BCUT2D eigenvalue weighted by atomic mass is 35.5. The molecule has 1 amide bonds. The Morgan fingerprint density at radius 1 is 1.30 bits per heavy atom. The molecular formula is C10H6ClN7O2. The van der Waals surface area contributed by atoms with Gasteiger partial charge in [0.1, 0.15) is 11.2 Å². The Kier molecular flexibility index (Phi) is 2.88. The predicted molar refractivity (Wildman–Crippen MR) is 69.5 cm³/mol. The number of carbonyl (C=O) groups excluding carboxylic acids is 1. The van der Waals surface area contributed by atoms with Crippen LogP contribution in [0, 0.1) is 0 Å². The van der Waals surface area contributed by atoms with Gasteiger partial charge in [0.15, 0.2) is 10.8 Å². The summed E-state index contributed by atoms with van der Waals surface area (Å²) in [6.45, 7) is 0. The zero-order valence-corrected chi connectivity index (χ0v) is 10.5. The second kappa shape index (κ2) is 4.70. The van der Waals surface area contributed by atoms with Crippen LogP contribution in [0.3, 0.4) is 0 Å². The summed E-state index contributed by atoms with van der Waals surface area (Å²) in [5.41, 5.74) is 0.423. The van der Waals surface area contributed by atoms with E-state index in [2.05, 4.69) is 35.5 Å². The fourth-order valence-electron chi connectivity index (χ4n) is 1.49. The maximum Gasteiger partial charge on any atom is 0.278 e. The fourth-order valence-corrected chi connectivity index (χ4v) is 1.71. The van der Waals surface area contributed by atoms with Gasteiger partial charge in [-0.1, -0.05) is 11.6 Å². The predicted octanol–water partition coefficient (Wildman–Crippen LogP) is 0.342. The second-order valence-corrected chi connectivity index (χ2v) is 4.06. The van der Waals surface area contributed by atoms with Crippen LogP contribution < -0.4 is 10.9 Å². The molecule has 0 radical (unpaired) electrons. The summed E-state index contributed by atoms with van der Waals surface area (Å²) in [5.74, 6) is -0.584. The summed E-state index contributed by atoms with van der Waals surface area (Å²) < 4.78 is 0. The standard InChI is InChI=1S/C10H6ClN7O2/c11-7-6-8(13-3-12-6)15-10(14-7)16-9(20)4-1-2-5(19)18-17-4/h1-3H,(H,18,19)(H2,12,13,14,15,16,20). The highest BCUT2D eigenvalue weighted by Gasteiger charge is 2.13. The van der Waals surface area contributed by atoms with Gasteiger partial charge in [-0.3, -0.25) is 14.9 Å². The number of carbonyl (C=O) groups is 1. The number of fused-ring (bicyclic) bond motifs is 1. The molecule has 3 aromatic heterocycles. The minimum Gasteiger partial charge on any atom is -0.341 e. The lowest BCUT2D eigenvalue weighted by molar-refractivity contribution is 0.102. The molecule has 9 nitrogen and oxygen atoms in total. The lowest BCUT2D eigenvalue weighted by Crippen LogP contribution is -2.18. The van der Waals surface area contributed by atoms with Crippen molar-refractivity contribution >= 4 is 34.6 Å². The molecule has 100 valence electrons. The number of rotatable bonds is 2. The van der Waals surface area contributed by atoms with E-state index in [-0.39, 0.29) is 16.8 Å². The molecule has 20 heavy (non-hydrogen) atoms. The minimum absolute atomic E-state index is 0.00685. The van der Waals surface area contributed by atoms with E-state index in [0.29, 0.717) is 11.2 Å². The van der Waals surface area contributed by atoms with Gasteiger partial charge in [-0.15, -0.1) is 0 Å². The maximum atomic E-state index is 11.9. The molecule has 10 heteroatoms. The van der Waals surface area contributed by atoms with E-state index in [1.807, 2.05) is 0 Å². The van der Waals surface area contributed by atoms with Crippen molar-refractivity contribution in [2.24, 2.45) is 0 Å². The van der Waals surface area contributed by atoms with E-state index in [0.717, 1.165) is 0 Å². The molecule has 0 aliphatic rings. The van der Waals surface area contributed by atoms with Crippen molar-refractivity contribution in [3.05, 3.63) is 39.7 Å². The number of hydrogen-bond acceptors (Lipinski definition) is 6. The Labute approximate surface area is 115 Å². The highest BCUT2D eigenvalue weighted by Crippen LogP contribution is 2.18. The smallest absolute Gasteiger partial charge is 0.278 e. The van der Waals surface area contributed by atoms with Crippen LogP contribution in [0.2, 0.25) is 5.15 Å². The molecule has 0 saturated carbocycles. The lowest BCUT2D eigenvalue weighted by Gasteiger charge is -2.02. The Morgan fingerprint density at radius 2 is 2.15 bits per heavy atom. The monoisotopic (exact) mass is 291 g/mol. The molecule has 0 bridgehead atoms. The lowest BCUT2D eigenvalue weighted by atomic mass is 10.4. The van der Waals surface area contributed by atoms with Gasteiger partial charge < -0.3 is 4.98 Å². The van der Waals surface area contributed by atoms with Crippen LogP contribution in [-0.2, 0) is 0 Å². The van der Waals surface area contributed by atoms with Gasteiger partial charge in [0.05, 0.1) is 6.33 Å². The summed E-state index contributed by atoms with van der Waals surface area (Å²) in [7, 11) is 0. The number of hydrogen-bond donors (Lipinski definition) is 3. The quantitative estimate of drug-likeness (QED) is 0.584. The van der Waals surface area contributed by atoms with Crippen LogP contribution in [0.15, 0.2) is 23.3 Å². The van der Waals surface area contributed by atoms with Crippen molar-refractivity contribution in [1.29, 1.82) is 0 Å². The Hall–Kier alpha value is -2.81. The summed E-state index contributed by atoms with van der Waals surface area (Å²) in [6.07, 6.45) is 1.42. The molecule has 0 atom stereocenters. The third-order valence-electron chi connectivity index (χ3n) is 2.38. The van der Waals surface area contributed by atoms with Crippen LogP contribution >= 0.6 is 11.6 Å². The minimum atomic E-state index is -0.577. The average molecular weight is 292 g/mol. The Bertz CT molecular complexity index is 836. The van der Waals surface area contributed by atoms with E-state index in [9.17, 15) is 9.59 Å². The van der Waals surface area contributed by atoms with Crippen molar-refractivity contribution in [2.45, 2.75) is 0 Å². The molecule has 0 fully saturated rings. The Balaban J connectivity index is 1.90. The number of H-pyrrole nitrogens is 2. The van der Waals surface area contributed by atoms with E-state index in [1.54, 1.807) is 0 Å². The Morgan fingerprint density at radius 3 is 2.90 bits per heavy atom. The van der Waals surface area contributed by atoms with Crippen LogP contribution in [0.5, 0.6) is 0 Å². The third kappa shape index (κ3) is 2.21. The highest BCUT2D eigenvalue weighted by molar-refractivity contribution is 6.33. The number of aromatic amines is 2. The summed E-state index contributed by atoms with van der Waals surface area (Å²) >= 11 is 5.92. The van der Waals surface area contributed by atoms with Crippen molar-refractivity contribution in [3.63, 3.8) is 0 Å². The maximum absolute atomic E-state index is 11.9. The first-order valence-corrected chi connectivity index (χ1v) is 5.75. The number of aromatic nitrogens is 6. The van der Waals surface area contributed by atoms with Gasteiger partial charge in [-0.2, -0.15) is 15.1 Å². The molecule has 3 N–H and O–H groups in total. The summed E-state index contributed by atoms with van der Waals surface area (Å²) in [4.78, 5) is 37.3. The second-order valence-electron chi connectivity index (χ2n) is 3.70. The topological polar surface area (TPSA) is 129 Å². The van der Waals surface area contributed by atoms with Crippen LogP contribution in [0.1, 0.15) is 10.5 Å². The van der Waals surface area contributed by atoms with E-state index >= 15 is 0 Å². The SMILES string of the molecule is O=C(Nc1nc(Cl)c2[nH]cnc2n1)c1ccc(=O)[nH]n1. The van der Waals surface area contributed by atoms with Gasteiger partial charge in [0.25, 0.3) is 11.5 Å². The largest absolute Gasteiger partial charge is 0.341 e. The number of anilines is 1. The zero-order valence-electron chi connectivity index (χ0n) is 9.72. The van der Waals surface area contributed by atoms with Gasteiger partial charge in [-0.05, 0) is 6.07 Å². The van der Waals surface area contributed by atoms with Gasteiger partial charge >= 0.3 is 0 Å². The average Bonchev–Trinajstić information content (AvgIpc) is 2.88. The van der Waals surface area contributed by atoms with Gasteiger partial charge in [-0.25, -0.2) is 10.1 Å². The summed E-state index contributed by atoms with van der Waals surface area (Å²) in [5, 5.41) is 8.29. The normalized spacial score (nSPS) is 10.7. The van der Waals surface area contributed by atoms with Crippen LogP contribution in [-0.4, -0.2) is 36.0 Å². The molecule has 0 aliphatic heterocycles. The number of imidazole rings is 1. The first kappa shape index (κ1) is 12.2. The molecule has 3 heterocycles. The first-order valence-electron chi connectivity index (χ1n) is 5.37.